The Morgan fingerprint density at radius 3 is 1.87 bits per heavy atom. The Bertz CT molecular complexity index is 3510. The fraction of sp³-hybridized carbons (Fsp3) is 0. The minimum Gasteiger partial charge on any atom is -0.456 e. The Labute approximate surface area is 317 Å². The van der Waals surface area contributed by atoms with E-state index in [4.69, 9.17) is 28.8 Å². The van der Waals surface area contributed by atoms with Crippen molar-refractivity contribution in [3.63, 3.8) is 0 Å². The molecule has 0 saturated heterocycles. The van der Waals surface area contributed by atoms with Crippen molar-refractivity contribution in [2.45, 2.75) is 0 Å². The maximum Gasteiger partial charge on any atom is 0.227 e. The molecule has 12 rings (SSSR count). The largest absolute Gasteiger partial charge is 0.456 e. The summed E-state index contributed by atoms with van der Waals surface area (Å²) in [5.41, 5.74) is 6.66. The zero-order chi connectivity index (χ0) is 36.0. The van der Waals surface area contributed by atoms with Crippen molar-refractivity contribution in [1.82, 2.24) is 19.9 Å². The Balaban J connectivity index is 1.08. The molecule has 4 heterocycles. The molecule has 0 atom stereocenters. The molecule has 0 radical (unpaired) electrons. The smallest absolute Gasteiger partial charge is 0.227 e. The van der Waals surface area contributed by atoms with Gasteiger partial charge in [0, 0.05) is 47.8 Å². The number of rotatable bonds is 4. The van der Waals surface area contributed by atoms with Gasteiger partial charge in [-0.15, -0.1) is 11.3 Å². The molecule has 55 heavy (non-hydrogen) atoms. The lowest BCUT2D eigenvalue weighted by molar-refractivity contribution is 0.622. The molecule has 12 aromatic rings. The van der Waals surface area contributed by atoms with E-state index < -0.39 is 0 Å². The predicted octanol–water partition coefficient (Wildman–Crippen LogP) is 13.3. The molecule has 0 N–H and O–H groups in total. The number of hydrogen-bond donors (Lipinski definition) is 0. The summed E-state index contributed by atoms with van der Waals surface area (Å²) in [6, 6.07) is 54.2. The number of nitrogens with zero attached hydrogens (tertiary/aromatic N) is 4. The first-order valence-corrected chi connectivity index (χ1v) is 18.9. The van der Waals surface area contributed by atoms with Gasteiger partial charge in [0.1, 0.15) is 16.7 Å². The first-order valence-electron chi connectivity index (χ1n) is 18.1. The average Bonchev–Trinajstić information content (AvgIpc) is 3.96. The van der Waals surface area contributed by atoms with E-state index in [2.05, 4.69) is 109 Å². The second kappa shape index (κ2) is 11.6. The molecule has 6 nitrogen and oxygen atoms in total. The molecular weight excluding hydrogens is 697 g/mol. The number of oxazole rings is 1. The highest BCUT2D eigenvalue weighted by molar-refractivity contribution is 7.25. The molecule has 0 unspecified atom stereocenters. The molecule has 0 aliphatic heterocycles. The molecule has 256 valence electrons. The molecule has 7 heteroatoms. The van der Waals surface area contributed by atoms with E-state index in [1.54, 1.807) is 11.3 Å². The highest BCUT2D eigenvalue weighted by Crippen LogP contribution is 2.41. The van der Waals surface area contributed by atoms with E-state index in [1.807, 2.05) is 48.5 Å². The third-order valence-electron chi connectivity index (χ3n) is 10.5. The van der Waals surface area contributed by atoms with Gasteiger partial charge in [0.2, 0.25) is 5.89 Å². The number of hydrogen-bond acceptors (Lipinski definition) is 7. The lowest BCUT2D eigenvalue weighted by atomic mass is 10.0. The van der Waals surface area contributed by atoms with Crippen molar-refractivity contribution >= 4 is 86.1 Å². The SMILES string of the molecule is c1ccc(-c2nc3ccc4oc5ccc6ccc(-c7nc(-c8ccc9ccccc9c8)nc(-c8ccc9c(c8)sc8ccccc89)n7)cc6c5c4c3o2)cc1. The van der Waals surface area contributed by atoms with Crippen LogP contribution in [0.2, 0.25) is 0 Å². The zero-order valence-corrected chi connectivity index (χ0v) is 29.8. The fourth-order valence-electron chi connectivity index (χ4n) is 7.86. The van der Waals surface area contributed by atoms with Crippen LogP contribution in [0.15, 0.2) is 167 Å². The normalized spacial score (nSPS) is 12.0. The van der Waals surface area contributed by atoms with E-state index in [0.29, 0.717) is 28.9 Å². The van der Waals surface area contributed by atoms with Gasteiger partial charge >= 0.3 is 0 Å². The molecule has 0 amide bonds. The van der Waals surface area contributed by atoms with Gasteiger partial charge in [0.15, 0.2) is 23.1 Å². The number of thiophene rings is 1. The van der Waals surface area contributed by atoms with Gasteiger partial charge in [-0.25, -0.2) is 19.9 Å². The first kappa shape index (κ1) is 30.3. The van der Waals surface area contributed by atoms with Crippen LogP contribution in [-0.2, 0) is 0 Å². The van der Waals surface area contributed by atoms with Crippen LogP contribution in [0, 0.1) is 0 Å². The fourth-order valence-corrected chi connectivity index (χ4v) is 9.00. The minimum absolute atomic E-state index is 0.575. The summed E-state index contributed by atoms with van der Waals surface area (Å²) in [4.78, 5) is 20.3. The summed E-state index contributed by atoms with van der Waals surface area (Å²) >= 11 is 1.79. The van der Waals surface area contributed by atoms with E-state index in [0.717, 1.165) is 65.9 Å². The van der Waals surface area contributed by atoms with Crippen molar-refractivity contribution in [3.05, 3.63) is 158 Å². The third-order valence-corrected chi connectivity index (χ3v) is 11.7. The Hall–Kier alpha value is -7.22. The molecule has 4 aromatic heterocycles. The number of fused-ring (bicyclic) bond motifs is 11. The monoisotopic (exact) mass is 722 g/mol. The van der Waals surface area contributed by atoms with Crippen LogP contribution in [0.5, 0.6) is 0 Å². The van der Waals surface area contributed by atoms with Crippen LogP contribution in [-0.4, -0.2) is 19.9 Å². The summed E-state index contributed by atoms with van der Waals surface area (Å²) in [6.07, 6.45) is 0. The predicted molar refractivity (Wildman–Crippen MR) is 224 cm³/mol. The van der Waals surface area contributed by atoms with Gasteiger partial charge in [-0.3, -0.25) is 0 Å². The van der Waals surface area contributed by atoms with Crippen molar-refractivity contribution in [1.29, 1.82) is 0 Å². The molecule has 0 aliphatic carbocycles. The van der Waals surface area contributed by atoms with Crippen LogP contribution in [0.4, 0.5) is 0 Å². The summed E-state index contributed by atoms with van der Waals surface area (Å²) in [5, 5.41) is 8.73. The van der Waals surface area contributed by atoms with E-state index >= 15 is 0 Å². The number of benzene rings is 8. The lowest BCUT2D eigenvalue weighted by Gasteiger charge is -2.10. The van der Waals surface area contributed by atoms with Gasteiger partial charge < -0.3 is 8.83 Å². The highest BCUT2D eigenvalue weighted by atomic mass is 32.1. The lowest BCUT2D eigenvalue weighted by Crippen LogP contribution is -2.00. The molecule has 8 aromatic carbocycles. The van der Waals surface area contributed by atoms with Crippen molar-refractivity contribution in [2.75, 3.05) is 0 Å². The van der Waals surface area contributed by atoms with Crippen LogP contribution in [0.25, 0.3) is 120 Å². The average molecular weight is 723 g/mol. The quantitative estimate of drug-likeness (QED) is 0.180. The zero-order valence-electron chi connectivity index (χ0n) is 29.0. The number of furan rings is 1. The Morgan fingerprint density at radius 1 is 0.382 bits per heavy atom. The van der Waals surface area contributed by atoms with E-state index in [-0.39, 0.29) is 0 Å². The topological polar surface area (TPSA) is 77.8 Å². The second-order valence-electron chi connectivity index (χ2n) is 13.8. The molecule has 0 fully saturated rings. The highest BCUT2D eigenvalue weighted by Gasteiger charge is 2.20. The molecule has 0 spiro atoms. The molecule has 0 saturated carbocycles. The third kappa shape index (κ3) is 4.80. The van der Waals surface area contributed by atoms with Gasteiger partial charge in [0.25, 0.3) is 0 Å². The maximum atomic E-state index is 6.50. The van der Waals surface area contributed by atoms with Crippen LogP contribution in [0.1, 0.15) is 0 Å². The summed E-state index contributed by atoms with van der Waals surface area (Å²) in [5.74, 6) is 2.40. The Kier molecular flexibility index (Phi) is 6.40. The van der Waals surface area contributed by atoms with Gasteiger partial charge in [0.05, 0.1) is 5.39 Å². The van der Waals surface area contributed by atoms with Gasteiger partial charge in [-0.2, -0.15) is 0 Å². The standard InChI is InChI=1S/C48H26N4O2S/c1-2-9-29(10-3-1)48-49-37-21-23-39-43(44(37)54-48)42-36-25-32(17-15-28(36)19-22-38(42)53-39)46-50-45(31-16-14-27-8-4-5-11-30(27)24-31)51-47(52-46)33-18-20-35-34-12-6-7-13-40(34)55-41(35)26-33/h1-26H. The summed E-state index contributed by atoms with van der Waals surface area (Å²) < 4.78 is 15.4. The van der Waals surface area contributed by atoms with Crippen molar-refractivity contribution in [2.24, 2.45) is 0 Å². The maximum absolute atomic E-state index is 6.50. The Morgan fingerprint density at radius 2 is 1.02 bits per heavy atom. The summed E-state index contributed by atoms with van der Waals surface area (Å²) in [7, 11) is 0. The summed E-state index contributed by atoms with van der Waals surface area (Å²) in [6.45, 7) is 0. The van der Waals surface area contributed by atoms with Crippen LogP contribution in [0.3, 0.4) is 0 Å². The second-order valence-corrected chi connectivity index (χ2v) is 14.9. The minimum atomic E-state index is 0.575. The number of aromatic nitrogens is 4. The van der Waals surface area contributed by atoms with Crippen LogP contribution >= 0.6 is 11.3 Å². The first-order chi connectivity index (χ1) is 27.2. The molecule has 0 aliphatic rings. The molecular formula is C48H26N4O2S. The van der Waals surface area contributed by atoms with Gasteiger partial charge in [-0.05, 0) is 76.1 Å². The van der Waals surface area contributed by atoms with Crippen LogP contribution < -0.4 is 0 Å². The van der Waals surface area contributed by atoms with Gasteiger partial charge in [-0.1, -0.05) is 103 Å². The molecule has 0 bridgehead atoms. The van der Waals surface area contributed by atoms with Crippen molar-refractivity contribution < 1.29 is 8.83 Å². The van der Waals surface area contributed by atoms with E-state index in [1.165, 1.54) is 25.6 Å². The van der Waals surface area contributed by atoms with E-state index in [9.17, 15) is 0 Å². The van der Waals surface area contributed by atoms with Crippen molar-refractivity contribution in [3.8, 4) is 45.6 Å².